The molecule has 12 aromatic carbocycles. The van der Waals surface area contributed by atoms with E-state index in [4.69, 9.17) is 20.2 Å². The van der Waals surface area contributed by atoms with Gasteiger partial charge in [-0.3, -0.25) is 24.5 Å². The second-order valence-electron chi connectivity index (χ2n) is 37.6. The molecular formula is C125H111Ir2N9O4Pt2-2. The van der Waals surface area contributed by atoms with Crippen LogP contribution in [0.4, 0.5) is 17.3 Å². The van der Waals surface area contributed by atoms with E-state index in [1.807, 2.05) is 243 Å². The van der Waals surface area contributed by atoms with Gasteiger partial charge in [-0.1, -0.05) is 147 Å². The number of nitrogens with zero attached hydrogens (tertiary/aromatic N) is 9. The number of hydrogen-bond donors (Lipinski definition) is 2. The number of aromatic nitrogens is 8. The van der Waals surface area contributed by atoms with E-state index in [0.717, 1.165) is 120 Å². The van der Waals surface area contributed by atoms with Crippen molar-refractivity contribution in [3.8, 4) is 73.1 Å². The molecule has 2 saturated carbocycles. The third-order valence-electron chi connectivity index (χ3n) is 27.9. The SMILES string of the molecule is CC(=O)C=C(C)O.CC(=O)C=C(C)O.CC1(C)C2Cc3cc4[n+](cc3C1C2)Cc1cc2c(cc1-4)CCCC2.[Ir].[Ir].[Pt+2].[Pt].[c-]1ccc2ccccc2c1-n1nc2ccccc2n1.[c-]1ccccc1-c1cccc(N(c2ccccc2)c2cccc(-c3[c-]cccc3)n2)n1.[c-]1ccccc1-c1ccccn1.[c-]1ccccc1-c1nccc2ccccc12.c1c2c(cc3c1Cc1cc4c(cc1-3)C1CCC4C1)CCCC2. The van der Waals surface area contributed by atoms with Crippen LogP contribution in [-0.4, -0.2) is 56.7 Å². The largest absolute Gasteiger partial charge is 2.00 e. The van der Waals surface area contributed by atoms with Gasteiger partial charge in [-0.15, -0.1) is 160 Å². The first-order valence-electron chi connectivity index (χ1n) is 48.4. The van der Waals surface area contributed by atoms with Crippen molar-refractivity contribution in [2.45, 2.75) is 156 Å². The minimum Gasteiger partial charge on any atom is -0.512 e. The fraction of sp³-hybridized carbons (Fsp3) is 0.208. The Morgan fingerprint density at radius 1 is 0.437 bits per heavy atom. The smallest absolute Gasteiger partial charge is 0.512 e. The van der Waals surface area contributed by atoms with Crippen LogP contribution >= 0.6 is 0 Å². The molecule has 6 aromatic heterocycles. The van der Waals surface area contributed by atoms with E-state index < -0.39 is 0 Å². The predicted molar refractivity (Wildman–Crippen MR) is 556 cm³/mol. The minimum absolute atomic E-state index is 0. The van der Waals surface area contributed by atoms with Crippen molar-refractivity contribution in [1.29, 1.82) is 0 Å². The van der Waals surface area contributed by atoms with Crippen LogP contribution < -0.4 is 9.47 Å². The molecule has 4 unspecified atom stereocenters. The molecule has 9 aliphatic rings. The summed E-state index contributed by atoms with van der Waals surface area (Å²) in [5.74, 6) is 4.93. The van der Waals surface area contributed by atoms with Crippen molar-refractivity contribution in [2.75, 3.05) is 4.90 Å². The molecule has 142 heavy (non-hydrogen) atoms. The van der Waals surface area contributed by atoms with Crippen molar-refractivity contribution in [3.05, 3.63) is 449 Å². The number of para-hydroxylation sites is 1. The molecule has 1 aliphatic heterocycles. The number of carbonyl (C=O) groups excluding carboxylic acids is 2. The van der Waals surface area contributed by atoms with Gasteiger partial charge < -0.3 is 20.2 Å². The third-order valence-corrected chi connectivity index (χ3v) is 27.9. The summed E-state index contributed by atoms with van der Waals surface area (Å²) >= 11 is 0. The molecule has 17 heteroatoms. The molecule has 4 bridgehead atoms. The summed E-state index contributed by atoms with van der Waals surface area (Å²) in [5.41, 5.74) is 36.1. The van der Waals surface area contributed by atoms with Crippen molar-refractivity contribution < 1.29 is 107 Å². The van der Waals surface area contributed by atoms with Crippen LogP contribution in [0.25, 0.3) is 106 Å². The first kappa shape index (κ1) is 104. The summed E-state index contributed by atoms with van der Waals surface area (Å²) in [6.07, 6.45) is 27.4. The molecular weight excluding hydrogens is 2470 g/mol. The molecule has 18 aromatic rings. The van der Waals surface area contributed by atoms with Gasteiger partial charge in [0.2, 0.25) is 5.69 Å². The summed E-state index contributed by atoms with van der Waals surface area (Å²) in [7, 11) is 0. The molecule has 0 saturated heterocycles. The van der Waals surface area contributed by atoms with Gasteiger partial charge in [0.15, 0.2) is 24.3 Å². The second-order valence-corrected chi connectivity index (χ2v) is 37.6. The zero-order chi connectivity index (χ0) is 94.6. The summed E-state index contributed by atoms with van der Waals surface area (Å²) in [6.45, 7) is 11.7. The van der Waals surface area contributed by atoms with Crippen LogP contribution in [0.3, 0.4) is 0 Å². The minimum atomic E-state index is -0.125. The Labute approximate surface area is 889 Å². The average Bonchev–Trinajstić information content (AvgIpc) is 1.22. The number of aliphatic hydroxyl groups excluding tert-OH is 2. The van der Waals surface area contributed by atoms with Crippen molar-refractivity contribution in [2.24, 2.45) is 11.3 Å². The molecule has 2 N–H and O–H groups in total. The number of rotatable bonds is 10. The summed E-state index contributed by atoms with van der Waals surface area (Å²) < 4.78 is 2.55. The van der Waals surface area contributed by atoms with E-state index in [1.54, 1.807) is 83.3 Å². The van der Waals surface area contributed by atoms with Crippen LogP contribution in [0.1, 0.15) is 172 Å². The maximum Gasteiger partial charge on any atom is 2.00 e. The quantitative estimate of drug-likeness (QED) is 0.0580. The van der Waals surface area contributed by atoms with Gasteiger partial charge in [0.25, 0.3) is 0 Å². The number of aryl methyl sites for hydroxylation is 4. The number of aliphatic hydroxyl groups is 2. The van der Waals surface area contributed by atoms with E-state index in [2.05, 4.69) is 159 Å². The normalized spacial score (nSPS) is 15.7. The number of fused-ring (bicyclic) bond motifs is 16. The Balaban J connectivity index is 0.000000126. The number of hydrogen-bond acceptors (Lipinski definition) is 11. The van der Waals surface area contributed by atoms with E-state index in [9.17, 15) is 9.59 Å². The zero-order valence-electron chi connectivity index (χ0n) is 80.4. The van der Waals surface area contributed by atoms with E-state index in [0.29, 0.717) is 5.41 Å². The van der Waals surface area contributed by atoms with Gasteiger partial charge in [-0.2, -0.15) is 37.8 Å². The number of benzene rings is 12. The number of carbonyl (C=O) groups is 2. The number of ketones is 2. The molecule has 0 amide bonds. The standard InChI is InChI=1S/C28H19N3.C23H26N.C22H22.C16H10N3.C15H10N.C11H8N.2C5H8O2.2Ir.2Pt/c1-4-12-22(13-5-1)25-18-10-20-27(29-25)31(24-16-8-3-9-17-24)28-21-11-19-26(30-28)23-14-6-2-7-15-23;1-23(2)18-8-16-10-22-19-9-15-6-4-3-5-14(15)7-17(19)12-24(22)13-20(16)21(23)11-18;1-2-4-14-10-20-17(7-13(14)3-1)9-18-11-19-15-5-6-16(8-15)21(19)12-22(18)20;1-2-8-13-12(6-1)7-5-11-16(13)19-17-14-9-3-4-10-15(14)18-19;1-2-7-13(8-3-1)15-14-9-5-4-6-12(14)10-11-16-15;1-2-6-10(7-3-1)11-8-4-5-9-12-11;2*1-4(6)3-5(2)7;;;;/h1-12,14,16-21H;7,9-10,13,18,21H,3-6,8,11-12H2,1-2H3;7,10-12,15-16H,1-6,8-9H2;1-10H;1-7,9-11H;1-6,8-9H;2*3,6H,1-2H3;;;;/q-2;+1;;3*-1;;;;;;+2. The molecule has 13 nitrogen and oxygen atoms in total. The van der Waals surface area contributed by atoms with Gasteiger partial charge in [-0.05, 0) is 308 Å². The number of allylic oxidation sites excluding steroid dienone is 4. The Morgan fingerprint density at radius 2 is 0.923 bits per heavy atom. The van der Waals surface area contributed by atoms with Crippen LogP contribution in [0.15, 0.2) is 358 Å². The molecule has 0 spiro atoms. The van der Waals surface area contributed by atoms with E-state index in [1.165, 1.54) is 152 Å². The summed E-state index contributed by atoms with van der Waals surface area (Å²) in [6, 6.07) is 124. The Morgan fingerprint density at radius 3 is 1.46 bits per heavy atom. The summed E-state index contributed by atoms with van der Waals surface area (Å²) in [5, 5.41) is 30.4. The summed E-state index contributed by atoms with van der Waals surface area (Å²) in [4.78, 5) is 42.3. The molecule has 4 atom stereocenters. The van der Waals surface area contributed by atoms with Crippen molar-refractivity contribution >= 4 is 61.5 Å². The average molecular weight is 2580 g/mol. The Hall–Kier alpha value is -12.8. The van der Waals surface area contributed by atoms with Crippen LogP contribution in [0.5, 0.6) is 0 Å². The van der Waals surface area contributed by atoms with Crippen molar-refractivity contribution in [3.63, 3.8) is 0 Å². The Kier molecular flexibility index (Phi) is 34.9. The van der Waals surface area contributed by atoms with Gasteiger partial charge in [-0.25, -0.2) is 0 Å². The fourth-order valence-electron chi connectivity index (χ4n) is 21.1. The van der Waals surface area contributed by atoms with Crippen LogP contribution in [0, 0.1) is 41.7 Å². The van der Waals surface area contributed by atoms with Gasteiger partial charge in [0.05, 0.1) is 17.1 Å². The third kappa shape index (κ3) is 23.9. The second kappa shape index (κ2) is 47.9. The molecule has 2 radical (unpaired) electrons. The van der Waals surface area contributed by atoms with Gasteiger partial charge in [0.1, 0.15) is 22.7 Å². The predicted octanol–water partition coefficient (Wildman–Crippen LogP) is 28.6. The maximum atomic E-state index is 10.0. The first-order valence-corrected chi connectivity index (χ1v) is 48.4. The van der Waals surface area contributed by atoms with Gasteiger partial charge >= 0.3 is 21.1 Å². The molecule has 720 valence electrons. The first-order chi connectivity index (χ1) is 67.4. The van der Waals surface area contributed by atoms with Crippen molar-refractivity contribution in [1.82, 2.24) is 34.9 Å². The number of pyridine rings is 5. The molecule has 27 rings (SSSR count). The molecule has 7 heterocycles. The number of anilines is 3. The zero-order valence-corrected chi connectivity index (χ0v) is 89.7. The Bertz CT molecular complexity index is 7320. The van der Waals surface area contributed by atoms with E-state index in [-0.39, 0.29) is 105 Å². The van der Waals surface area contributed by atoms with Crippen LogP contribution in [-0.2, 0) is 137 Å². The monoisotopic (exact) mass is 2580 g/mol. The topological polar surface area (TPSA) is 164 Å². The van der Waals surface area contributed by atoms with Crippen LogP contribution in [0.2, 0.25) is 0 Å². The van der Waals surface area contributed by atoms with E-state index >= 15 is 0 Å². The maximum absolute atomic E-state index is 10.0. The molecule has 2 fully saturated rings. The van der Waals surface area contributed by atoms with Gasteiger partial charge in [0, 0.05) is 109 Å². The fourth-order valence-corrected chi connectivity index (χ4v) is 21.1. The molecule has 8 aliphatic carbocycles.